The van der Waals surface area contributed by atoms with Gasteiger partial charge in [0.1, 0.15) is 0 Å². The molecule has 2 rings (SSSR count). The lowest BCUT2D eigenvalue weighted by molar-refractivity contribution is 0.253. The number of rotatable bonds is 4. The van der Waals surface area contributed by atoms with Crippen LogP contribution in [0.5, 0.6) is 0 Å². The van der Waals surface area contributed by atoms with E-state index in [1.165, 1.54) is 17.0 Å². The van der Waals surface area contributed by atoms with Gasteiger partial charge in [0.2, 0.25) is 0 Å². The van der Waals surface area contributed by atoms with Gasteiger partial charge in [0.25, 0.3) is 0 Å². The predicted octanol–water partition coefficient (Wildman–Crippen LogP) is 7.20. The lowest BCUT2D eigenvalue weighted by Crippen LogP contribution is -2.34. The Morgan fingerprint density at radius 2 is 1.58 bits per heavy atom. The predicted molar refractivity (Wildman–Crippen MR) is 102 cm³/mol. The van der Waals surface area contributed by atoms with Crippen LogP contribution in [0.25, 0.3) is 0 Å². The molecule has 0 unspecified atom stereocenters. The number of alkyl halides is 3. The maximum atomic E-state index is 13.2. The summed E-state index contributed by atoms with van der Waals surface area (Å²) in [7, 11) is 0. The minimum atomic E-state index is -2.67. The quantitative estimate of drug-likeness (QED) is 0.396. The molecule has 0 heterocycles. The molecule has 0 saturated carbocycles. The number of halogens is 6. The average Bonchev–Trinajstić information content (AvgIpc) is 2.50. The maximum absolute atomic E-state index is 13.2. The first-order valence-electron chi connectivity index (χ1n) is 6.23. The van der Waals surface area contributed by atoms with E-state index < -0.39 is 9.95 Å². The summed E-state index contributed by atoms with van der Waals surface area (Å²) < 4.78 is 12.7. The van der Waals surface area contributed by atoms with E-state index in [4.69, 9.17) is 58.0 Å². The highest BCUT2D eigenvalue weighted by atomic mass is 35.5. The summed E-state index contributed by atoms with van der Waals surface area (Å²) >= 11 is 28.4. The number of benzene rings is 2. The molecular weight excluding hydrogens is 440 g/mol. The molecule has 1 N–H and O–H groups in total. The summed E-state index contributed by atoms with van der Waals surface area (Å²) in [4.78, 5) is 13.7. The average molecular weight is 449 g/mol. The number of urea groups is 1. The summed E-state index contributed by atoms with van der Waals surface area (Å²) in [5.74, 6) is 0. The molecule has 2 amide bonds. The number of hydrogen-bond acceptors (Lipinski definition) is 2. The first-order valence-corrected chi connectivity index (χ1v) is 8.93. The smallest absolute Gasteiger partial charge is 0.276 e. The molecule has 0 saturated heterocycles. The fourth-order valence-corrected chi connectivity index (χ4v) is 2.69. The lowest BCUT2D eigenvalue weighted by Gasteiger charge is -2.24. The van der Waals surface area contributed by atoms with Crippen molar-refractivity contribution in [3.05, 3.63) is 57.5 Å². The number of nitrogens with one attached hydrogen (secondary N) is 1. The van der Waals surface area contributed by atoms with Gasteiger partial charge < -0.3 is 0 Å². The molecule has 0 aliphatic carbocycles. The molecule has 0 aliphatic heterocycles. The fourth-order valence-electron chi connectivity index (χ4n) is 1.75. The van der Waals surface area contributed by atoms with Crippen molar-refractivity contribution in [2.24, 2.45) is 0 Å². The molecule has 0 radical (unpaired) electrons. The van der Waals surface area contributed by atoms with Crippen LogP contribution >= 0.6 is 70.0 Å². The molecule has 3 nitrogen and oxygen atoms in total. The lowest BCUT2D eigenvalue weighted by atomic mass is 10.2. The van der Waals surface area contributed by atoms with Crippen LogP contribution < -0.4 is 9.62 Å². The maximum Gasteiger partial charge on any atom is 0.336 e. The van der Waals surface area contributed by atoms with Gasteiger partial charge in [0.05, 0.1) is 21.4 Å². The van der Waals surface area contributed by atoms with Crippen molar-refractivity contribution in [3.63, 3.8) is 0 Å². The standard InChI is InChI=1S/C14H8Cl5FN2OS/c15-8-1-3-9(4-2-8)22(13(23)21-24-14(18,19)20)10-5-6-11(16)12(17)7-10/h1-7H,(H,21,23). The number of hydrogen-bond donors (Lipinski definition) is 1. The fraction of sp³-hybridized carbons (Fsp3) is 0.0714. The van der Waals surface area contributed by atoms with Gasteiger partial charge in [-0.05, 0) is 42.5 Å². The molecule has 0 aromatic heterocycles. The van der Waals surface area contributed by atoms with Crippen molar-refractivity contribution in [2.45, 2.75) is 3.92 Å². The zero-order valence-corrected chi connectivity index (χ0v) is 16.2. The molecule has 0 spiro atoms. The van der Waals surface area contributed by atoms with Gasteiger partial charge in [-0.15, -0.1) is 0 Å². The number of carbonyl (C=O) groups excluding carboxylic acids is 1. The Balaban J connectivity index is 2.39. The molecule has 128 valence electrons. The Hall–Kier alpha value is -0.560. The minimum absolute atomic E-state index is 0.208. The molecule has 24 heavy (non-hydrogen) atoms. The number of nitrogens with zero attached hydrogens (tertiary/aromatic N) is 1. The van der Waals surface area contributed by atoms with Crippen molar-refractivity contribution in [3.8, 4) is 0 Å². The Labute approximate surface area is 167 Å². The SMILES string of the molecule is O=C(NSC(F)(Cl)Cl)N(c1ccc(Cl)cc1)c1ccc(Cl)c(Cl)c1. The summed E-state index contributed by atoms with van der Waals surface area (Å²) in [5.41, 5.74) is 0.864. The summed E-state index contributed by atoms with van der Waals surface area (Å²) in [5, 5.41) is 1.07. The van der Waals surface area contributed by atoms with Gasteiger partial charge in [-0.25, -0.2) is 4.79 Å². The van der Waals surface area contributed by atoms with Crippen LogP contribution in [0.15, 0.2) is 42.5 Å². The second kappa shape index (κ2) is 8.21. The molecule has 0 fully saturated rings. The first kappa shape index (κ1) is 19.8. The van der Waals surface area contributed by atoms with E-state index in [1.54, 1.807) is 30.3 Å². The van der Waals surface area contributed by atoms with E-state index in [9.17, 15) is 9.18 Å². The monoisotopic (exact) mass is 446 g/mol. The second-order valence-corrected chi connectivity index (χ2v) is 8.27. The zero-order chi connectivity index (χ0) is 17.9. The van der Waals surface area contributed by atoms with Crippen molar-refractivity contribution < 1.29 is 9.18 Å². The van der Waals surface area contributed by atoms with E-state index >= 15 is 0 Å². The molecule has 2 aromatic carbocycles. The van der Waals surface area contributed by atoms with Gasteiger partial charge in [-0.1, -0.05) is 58.0 Å². The molecule has 2 aromatic rings. The van der Waals surface area contributed by atoms with Crippen LogP contribution in [-0.2, 0) is 0 Å². The molecule has 0 aliphatic rings. The van der Waals surface area contributed by atoms with Crippen molar-refractivity contribution in [2.75, 3.05) is 4.90 Å². The third-order valence-corrected chi connectivity index (χ3v) is 4.67. The van der Waals surface area contributed by atoms with Gasteiger partial charge in [0.15, 0.2) is 0 Å². The number of carbonyl (C=O) groups is 1. The molecule has 0 bridgehead atoms. The third kappa shape index (κ3) is 5.48. The van der Waals surface area contributed by atoms with E-state index in [2.05, 4.69) is 4.72 Å². The Morgan fingerprint density at radius 3 is 2.12 bits per heavy atom. The Kier molecular flexibility index (Phi) is 6.76. The first-order chi connectivity index (χ1) is 11.2. The highest BCUT2D eigenvalue weighted by molar-refractivity contribution is 8.01. The molecule has 10 heteroatoms. The van der Waals surface area contributed by atoms with E-state index in [0.29, 0.717) is 21.4 Å². The summed E-state index contributed by atoms with van der Waals surface area (Å²) in [6, 6.07) is 10.3. The normalized spacial score (nSPS) is 11.2. The topological polar surface area (TPSA) is 32.3 Å². The van der Waals surface area contributed by atoms with Crippen LogP contribution in [0.3, 0.4) is 0 Å². The summed E-state index contributed by atoms with van der Waals surface area (Å²) in [6.07, 6.45) is 0. The number of anilines is 2. The van der Waals surface area contributed by atoms with Gasteiger partial charge in [0, 0.05) is 17.0 Å². The number of amides is 2. The highest BCUT2D eigenvalue weighted by Crippen LogP contribution is 2.36. The van der Waals surface area contributed by atoms with E-state index in [1.807, 2.05) is 0 Å². The van der Waals surface area contributed by atoms with E-state index in [0.717, 1.165) is 0 Å². The second-order valence-electron chi connectivity index (χ2n) is 4.37. The van der Waals surface area contributed by atoms with Gasteiger partial charge in [-0.2, -0.15) is 4.39 Å². The summed E-state index contributed by atoms with van der Waals surface area (Å²) in [6.45, 7) is 0. The van der Waals surface area contributed by atoms with Crippen LogP contribution in [0, 0.1) is 0 Å². The third-order valence-electron chi connectivity index (χ3n) is 2.70. The van der Waals surface area contributed by atoms with Crippen molar-refractivity contribution in [1.82, 2.24) is 4.72 Å². The van der Waals surface area contributed by atoms with Crippen LogP contribution in [0.2, 0.25) is 15.1 Å². The van der Waals surface area contributed by atoms with Crippen LogP contribution in [0.1, 0.15) is 0 Å². The van der Waals surface area contributed by atoms with Gasteiger partial charge >= 0.3 is 9.95 Å². The zero-order valence-electron chi connectivity index (χ0n) is 11.6. The van der Waals surface area contributed by atoms with Crippen molar-refractivity contribution >= 4 is 87.4 Å². The van der Waals surface area contributed by atoms with E-state index in [-0.39, 0.29) is 17.0 Å². The van der Waals surface area contributed by atoms with Gasteiger partial charge in [-0.3, -0.25) is 9.62 Å². The largest absolute Gasteiger partial charge is 0.336 e. The minimum Gasteiger partial charge on any atom is -0.276 e. The van der Waals surface area contributed by atoms with Crippen molar-refractivity contribution in [1.29, 1.82) is 0 Å². The molecule has 0 atom stereocenters. The Bertz CT molecular complexity index is 739. The highest BCUT2D eigenvalue weighted by Gasteiger charge is 2.27. The molecular formula is C14H8Cl5FN2OS. The van der Waals surface area contributed by atoms with Crippen LogP contribution in [0.4, 0.5) is 20.6 Å². The Morgan fingerprint density at radius 1 is 1.00 bits per heavy atom. The van der Waals surface area contributed by atoms with Crippen LogP contribution in [-0.4, -0.2) is 9.95 Å².